The molecule has 0 saturated heterocycles. The average molecular weight is 272 g/mol. The number of benzene rings is 1. The summed E-state index contributed by atoms with van der Waals surface area (Å²) in [5, 5.41) is 15.8. The molecule has 0 amide bonds. The first-order valence-corrected chi connectivity index (χ1v) is 6.26. The molecule has 0 aromatic heterocycles. The Hall–Kier alpha value is -2.14. The van der Waals surface area contributed by atoms with Gasteiger partial charge >= 0.3 is 5.97 Å². The van der Waals surface area contributed by atoms with Crippen LogP contribution in [0.5, 0.6) is 0 Å². The molecule has 18 heavy (non-hydrogen) atoms. The number of carboxylic acid groups (broad SMARTS) is 1. The Morgan fingerprint density at radius 3 is 2.61 bits per heavy atom. The van der Waals surface area contributed by atoms with Crippen molar-refractivity contribution in [2.24, 2.45) is 0 Å². The van der Waals surface area contributed by atoms with Crippen molar-refractivity contribution in [1.82, 2.24) is 0 Å². The number of carbonyl (C=O) groups is 1. The molecule has 6 nitrogen and oxygen atoms in total. The fourth-order valence-electron chi connectivity index (χ4n) is 1.07. The number of hydrogen-bond donors (Lipinski definition) is 2. The van der Waals surface area contributed by atoms with E-state index in [9.17, 15) is 17.6 Å². The van der Waals surface area contributed by atoms with Gasteiger partial charge < -0.3 is 5.11 Å². The Morgan fingerprint density at radius 2 is 2.17 bits per heavy atom. The molecule has 0 fully saturated rings. The SMILES string of the molecule is CC(C#N)S(=O)(=O)Nc1ccc(C(=O)O)c(F)c1. The van der Waals surface area contributed by atoms with Crippen LogP contribution < -0.4 is 4.72 Å². The zero-order chi connectivity index (χ0) is 13.9. The first-order valence-electron chi connectivity index (χ1n) is 4.72. The number of sulfonamides is 1. The second kappa shape index (κ2) is 5.01. The number of nitrogens with one attached hydrogen (secondary N) is 1. The van der Waals surface area contributed by atoms with Crippen molar-refractivity contribution in [3.8, 4) is 6.07 Å². The van der Waals surface area contributed by atoms with Gasteiger partial charge in [-0.3, -0.25) is 4.72 Å². The molecule has 1 unspecified atom stereocenters. The van der Waals surface area contributed by atoms with Crippen LogP contribution in [0.25, 0.3) is 0 Å². The lowest BCUT2D eigenvalue weighted by atomic mass is 10.2. The number of nitrogens with zero attached hydrogens (tertiary/aromatic N) is 1. The predicted octanol–water partition coefficient (Wildman–Crippen LogP) is 1.18. The summed E-state index contributed by atoms with van der Waals surface area (Å²) >= 11 is 0. The molecule has 96 valence electrons. The molecule has 0 aliphatic heterocycles. The monoisotopic (exact) mass is 272 g/mol. The molecular formula is C10H9FN2O4S. The third-order valence-electron chi connectivity index (χ3n) is 2.11. The fourth-order valence-corrected chi connectivity index (χ4v) is 1.85. The van der Waals surface area contributed by atoms with Gasteiger partial charge in [-0.15, -0.1) is 0 Å². The van der Waals surface area contributed by atoms with Gasteiger partial charge in [-0.1, -0.05) is 0 Å². The van der Waals surface area contributed by atoms with Crippen molar-refractivity contribution >= 4 is 21.7 Å². The van der Waals surface area contributed by atoms with E-state index in [-0.39, 0.29) is 5.69 Å². The van der Waals surface area contributed by atoms with E-state index in [1.165, 1.54) is 13.0 Å². The maximum atomic E-state index is 13.3. The minimum Gasteiger partial charge on any atom is -0.478 e. The first-order chi connectivity index (χ1) is 8.27. The van der Waals surface area contributed by atoms with Crippen molar-refractivity contribution in [2.45, 2.75) is 12.2 Å². The van der Waals surface area contributed by atoms with Crippen molar-refractivity contribution in [1.29, 1.82) is 5.26 Å². The quantitative estimate of drug-likeness (QED) is 0.855. The third-order valence-corrected chi connectivity index (χ3v) is 3.66. The highest BCUT2D eigenvalue weighted by Crippen LogP contribution is 2.17. The summed E-state index contributed by atoms with van der Waals surface area (Å²) in [6.07, 6.45) is 0. The number of nitriles is 1. The fraction of sp³-hybridized carbons (Fsp3) is 0.200. The van der Waals surface area contributed by atoms with E-state index in [0.29, 0.717) is 0 Å². The van der Waals surface area contributed by atoms with E-state index in [2.05, 4.69) is 0 Å². The lowest BCUT2D eigenvalue weighted by molar-refractivity contribution is 0.0692. The summed E-state index contributed by atoms with van der Waals surface area (Å²) in [4.78, 5) is 10.6. The molecule has 8 heteroatoms. The molecule has 1 rings (SSSR count). The van der Waals surface area contributed by atoms with Gasteiger partial charge in [-0.05, 0) is 25.1 Å². The molecule has 1 aromatic rings. The Balaban J connectivity index is 3.05. The summed E-state index contributed by atoms with van der Waals surface area (Å²) in [5.41, 5.74) is -0.703. The second-order valence-corrected chi connectivity index (χ2v) is 5.42. The average Bonchev–Trinajstić information content (AvgIpc) is 2.26. The Bertz CT molecular complexity index is 621. The van der Waals surface area contributed by atoms with Crippen LogP contribution in [0.4, 0.5) is 10.1 Å². The minimum absolute atomic E-state index is 0.139. The molecular weight excluding hydrogens is 263 g/mol. The van der Waals surface area contributed by atoms with Gasteiger partial charge in [0.15, 0.2) is 5.25 Å². The lowest BCUT2D eigenvalue weighted by Crippen LogP contribution is -2.23. The number of anilines is 1. The summed E-state index contributed by atoms with van der Waals surface area (Å²) < 4.78 is 38.2. The molecule has 0 radical (unpaired) electrons. The van der Waals surface area contributed by atoms with E-state index in [1.807, 2.05) is 4.72 Å². The molecule has 0 bridgehead atoms. The molecule has 1 aromatic carbocycles. The summed E-state index contributed by atoms with van der Waals surface area (Å²) in [7, 11) is -3.94. The maximum absolute atomic E-state index is 13.3. The highest BCUT2D eigenvalue weighted by molar-refractivity contribution is 7.93. The van der Waals surface area contributed by atoms with E-state index >= 15 is 0 Å². The second-order valence-electron chi connectivity index (χ2n) is 3.42. The van der Waals surface area contributed by atoms with Crippen LogP contribution in [-0.2, 0) is 10.0 Å². The Kier molecular flexibility index (Phi) is 3.88. The smallest absolute Gasteiger partial charge is 0.338 e. The van der Waals surface area contributed by atoms with Crippen molar-refractivity contribution in [3.05, 3.63) is 29.6 Å². The molecule has 0 saturated carbocycles. The first kappa shape index (κ1) is 13.9. The normalized spacial score (nSPS) is 12.5. The molecule has 1 atom stereocenters. The number of halogens is 1. The largest absolute Gasteiger partial charge is 0.478 e. The number of rotatable bonds is 4. The van der Waals surface area contributed by atoms with Crippen LogP contribution in [0.2, 0.25) is 0 Å². The van der Waals surface area contributed by atoms with Gasteiger partial charge in [0.2, 0.25) is 10.0 Å². The van der Waals surface area contributed by atoms with Crippen LogP contribution in [0.15, 0.2) is 18.2 Å². The van der Waals surface area contributed by atoms with Crippen molar-refractivity contribution < 1.29 is 22.7 Å². The van der Waals surface area contributed by atoms with Crippen LogP contribution in [0.1, 0.15) is 17.3 Å². The van der Waals surface area contributed by atoms with Crippen molar-refractivity contribution in [2.75, 3.05) is 4.72 Å². The maximum Gasteiger partial charge on any atom is 0.338 e. The number of aromatic carboxylic acids is 1. The molecule has 0 heterocycles. The standard InChI is InChI=1S/C10H9FN2O4S/c1-6(5-12)18(16,17)13-7-2-3-8(10(14)15)9(11)4-7/h2-4,6,13H,1H3,(H,14,15). The molecule has 0 spiro atoms. The van der Waals surface area contributed by atoms with Gasteiger partial charge in [0.25, 0.3) is 0 Å². The van der Waals surface area contributed by atoms with Crippen LogP contribution in [0.3, 0.4) is 0 Å². The Labute approximate surface area is 103 Å². The minimum atomic E-state index is -3.94. The van der Waals surface area contributed by atoms with E-state index in [0.717, 1.165) is 18.2 Å². The topological polar surface area (TPSA) is 107 Å². The van der Waals surface area contributed by atoms with Crippen LogP contribution >= 0.6 is 0 Å². The van der Waals surface area contributed by atoms with E-state index in [1.54, 1.807) is 0 Å². The summed E-state index contributed by atoms with van der Waals surface area (Å²) in [5.74, 6) is -2.51. The number of carboxylic acids is 1. The van der Waals surface area contributed by atoms with E-state index in [4.69, 9.17) is 10.4 Å². The summed E-state index contributed by atoms with van der Waals surface area (Å²) in [6.45, 7) is 1.17. The molecule has 0 aliphatic carbocycles. The number of hydrogen-bond acceptors (Lipinski definition) is 4. The predicted molar refractivity (Wildman–Crippen MR) is 61.0 cm³/mol. The molecule has 2 N–H and O–H groups in total. The van der Waals surface area contributed by atoms with Gasteiger partial charge in [-0.25, -0.2) is 17.6 Å². The molecule has 0 aliphatic rings. The summed E-state index contributed by atoms with van der Waals surface area (Å²) in [6, 6.07) is 4.31. The zero-order valence-electron chi connectivity index (χ0n) is 9.21. The van der Waals surface area contributed by atoms with Crippen LogP contribution in [0, 0.1) is 17.1 Å². The highest BCUT2D eigenvalue weighted by Gasteiger charge is 2.20. The van der Waals surface area contributed by atoms with E-state index < -0.39 is 32.6 Å². The van der Waals surface area contributed by atoms with Gasteiger partial charge in [0.1, 0.15) is 5.82 Å². The lowest BCUT2D eigenvalue weighted by Gasteiger charge is -2.09. The highest BCUT2D eigenvalue weighted by atomic mass is 32.2. The third kappa shape index (κ3) is 2.95. The zero-order valence-corrected chi connectivity index (χ0v) is 10.0. The van der Waals surface area contributed by atoms with Gasteiger partial charge in [-0.2, -0.15) is 5.26 Å². The Morgan fingerprint density at radius 1 is 1.56 bits per heavy atom. The van der Waals surface area contributed by atoms with Gasteiger partial charge in [0.05, 0.1) is 17.3 Å². The van der Waals surface area contributed by atoms with Crippen LogP contribution in [-0.4, -0.2) is 24.7 Å². The van der Waals surface area contributed by atoms with Gasteiger partial charge in [0, 0.05) is 0 Å². The van der Waals surface area contributed by atoms with Crippen molar-refractivity contribution in [3.63, 3.8) is 0 Å².